The summed E-state index contributed by atoms with van der Waals surface area (Å²) in [5.74, 6) is -0.381. The van der Waals surface area contributed by atoms with Crippen molar-refractivity contribution in [3.8, 4) is 0 Å². The van der Waals surface area contributed by atoms with Gasteiger partial charge in [-0.25, -0.2) is 12.7 Å². The molecular formula is C12H17ClN2O4S. The van der Waals surface area contributed by atoms with Crippen LogP contribution in [0, 0.1) is 0 Å². The van der Waals surface area contributed by atoms with E-state index in [4.69, 9.17) is 16.3 Å². The summed E-state index contributed by atoms with van der Waals surface area (Å²) in [4.78, 5) is 11.8. The van der Waals surface area contributed by atoms with Crippen molar-refractivity contribution in [2.24, 2.45) is 0 Å². The topological polar surface area (TPSA) is 75.7 Å². The Labute approximate surface area is 123 Å². The fraction of sp³-hybridized carbons (Fsp3) is 0.417. The Morgan fingerprint density at radius 2 is 2.05 bits per heavy atom. The number of sulfonamides is 1. The standard InChI is InChI=1S/C12H17ClN2O4S/c1-15(2)20(17,18)11-8-9(4-5-10(11)13)12(16)14-6-7-19-3/h4-5,8H,6-7H2,1-3H3,(H,14,16). The van der Waals surface area contributed by atoms with Crippen molar-refractivity contribution in [1.82, 2.24) is 9.62 Å². The molecule has 0 heterocycles. The minimum absolute atomic E-state index is 0.0761. The summed E-state index contributed by atoms with van der Waals surface area (Å²) in [7, 11) is 0.632. The van der Waals surface area contributed by atoms with Crippen LogP contribution in [-0.2, 0) is 14.8 Å². The van der Waals surface area contributed by atoms with E-state index in [2.05, 4.69) is 5.32 Å². The molecule has 0 aliphatic carbocycles. The third-order valence-electron chi connectivity index (χ3n) is 2.54. The lowest BCUT2D eigenvalue weighted by atomic mass is 10.2. The van der Waals surface area contributed by atoms with Crippen molar-refractivity contribution in [2.75, 3.05) is 34.4 Å². The highest BCUT2D eigenvalue weighted by atomic mass is 35.5. The molecule has 0 saturated carbocycles. The van der Waals surface area contributed by atoms with Gasteiger partial charge in [0.05, 0.1) is 11.6 Å². The van der Waals surface area contributed by atoms with Gasteiger partial charge in [-0.2, -0.15) is 0 Å². The number of amides is 1. The number of carbonyl (C=O) groups is 1. The van der Waals surface area contributed by atoms with Crippen LogP contribution < -0.4 is 5.32 Å². The molecule has 8 heteroatoms. The first-order valence-corrected chi connectivity index (χ1v) is 7.61. The summed E-state index contributed by atoms with van der Waals surface area (Å²) in [5.41, 5.74) is 0.228. The number of hydrogen-bond acceptors (Lipinski definition) is 4. The number of methoxy groups -OCH3 is 1. The number of nitrogens with one attached hydrogen (secondary N) is 1. The van der Waals surface area contributed by atoms with Crippen molar-refractivity contribution in [1.29, 1.82) is 0 Å². The molecule has 20 heavy (non-hydrogen) atoms. The van der Waals surface area contributed by atoms with Crippen molar-refractivity contribution in [3.63, 3.8) is 0 Å². The lowest BCUT2D eigenvalue weighted by Gasteiger charge is -2.13. The van der Waals surface area contributed by atoms with Gasteiger partial charge in [0.25, 0.3) is 5.91 Å². The fourth-order valence-corrected chi connectivity index (χ4v) is 2.80. The van der Waals surface area contributed by atoms with E-state index in [9.17, 15) is 13.2 Å². The zero-order valence-electron chi connectivity index (χ0n) is 11.5. The highest BCUT2D eigenvalue weighted by Gasteiger charge is 2.22. The second kappa shape index (κ2) is 7.03. The summed E-state index contributed by atoms with van der Waals surface area (Å²) < 4.78 is 30.0. The highest BCUT2D eigenvalue weighted by molar-refractivity contribution is 7.89. The Morgan fingerprint density at radius 3 is 2.60 bits per heavy atom. The molecule has 0 atom stereocenters. The lowest BCUT2D eigenvalue weighted by Crippen LogP contribution is -2.27. The average Bonchev–Trinajstić information content (AvgIpc) is 2.38. The summed E-state index contributed by atoms with van der Waals surface area (Å²) >= 11 is 5.90. The molecule has 0 aromatic heterocycles. The van der Waals surface area contributed by atoms with E-state index in [0.717, 1.165) is 4.31 Å². The van der Waals surface area contributed by atoms with Gasteiger partial charge in [0.2, 0.25) is 10.0 Å². The first-order chi connectivity index (χ1) is 9.30. The predicted molar refractivity (Wildman–Crippen MR) is 76.5 cm³/mol. The molecule has 1 aromatic carbocycles. The first kappa shape index (κ1) is 16.9. The summed E-state index contributed by atoms with van der Waals surface area (Å²) in [6.07, 6.45) is 0. The van der Waals surface area contributed by atoms with Crippen LogP contribution in [-0.4, -0.2) is 53.0 Å². The van der Waals surface area contributed by atoms with Gasteiger partial charge < -0.3 is 10.1 Å². The molecule has 0 spiro atoms. The van der Waals surface area contributed by atoms with E-state index < -0.39 is 10.0 Å². The van der Waals surface area contributed by atoms with E-state index in [1.807, 2.05) is 0 Å². The average molecular weight is 321 g/mol. The Hall–Kier alpha value is -1.15. The van der Waals surface area contributed by atoms with Crippen LogP contribution in [0.4, 0.5) is 0 Å². The Bertz CT molecular complexity index is 587. The van der Waals surface area contributed by atoms with Gasteiger partial charge in [-0.05, 0) is 18.2 Å². The number of halogens is 1. The number of carbonyl (C=O) groups excluding carboxylic acids is 1. The predicted octanol–water partition coefficient (Wildman–Crippen LogP) is 0.966. The monoisotopic (exact) mass is 320 g/mol. The normalized spacial score (nSPS) is 11.7. The summed E-state index contributed by atoms with van der Waals surface area (Å²) in [6, 6.07) is 4.13. The largest absolute Gasteiger partial charge is 0.383 e. The van der Waals surface area contributed by atoms with Gasteiger partial charge in [0.1, 0.15) is 4.90 Å². The number of benzene rings is 1. The van der Waals surface area contributed by atoms with Crippen LogP contribution in [0.25, 0.3) is 0 Å². The van der Waals surface area contributed by atoms with Gasteiger partial charge in [-0.15, -0.1) is 0 Å². The van der Waals surface area contributed by atoms with Crippen molar-refractivity contribution in [2.45, 2.75) is 4.90 Å². The van der Waals surface area contributed by atoms with Crippen LogP contribution in [0.2, 0.25) is 5.02 Å². The maximum atomic E-state index is 12.1. The molecule has 0 aliphatic heterocycles. The minimum atomic E-state index is -3.69. The second-order valence-corrected chi connectivity index (χ2v) is 6.71. The zero-order chi connectivity index (χ0) is 15.3. The van der Waals surface area contributed by atoms with Crippen LogP contribution in [0.15, 0.2) is 23.1 Å². The second-order valence-electron chi connectivity index (χ2n) is 4.18. The molecule has 6 nitrogen and oxygen atoms in total. The molecule has 0 radical (unpaired) electrons. The summed E-state index contributed by atoms with van der Waals surface area (Å²) in [6.45, 7) is 0.718. The van der Waals surface area contributed by atoms with Crippen molar-refractivity contribution in [3.05, 3.63) is 28.8 Å². The molecular weight excluding hydrogens is 304 g/mol. The third kappa shape index (κ3) is 3.92. The molecule has 0 fully saturated rings. The molecule has 1 aromatic rings. The Kier molecular flexibility index (Phi) is 5.94. The third-order valence-corrected chi connectivity index (χ3v) is 4.84. The minimum Gasteiger partial charge on any atom is -0.383 e. The number of ether oxygens (including phenoxy) is 1. The maximum absolute atomic E-state index is 12.1. The lowest BCUT2D eigenvalue weighted by molar-refractivity contribution is 0.0937. The first-order valence-electron chi connectivity index (χ1n) is 5.80. The van der Waals surface area contributed by atoms with Crippen molar-refractivity contribution < 1.29 is 17.9 Å². The quantitative estimate of drug-likeness (QED) is 0.792. The van der Waals surface area contributed by atoms with Crippen molar-refractivity contribution >= 4 is 27.5 Å². The SMILES string of the molecule is COCCNC(=O)c1ccc(Cl)c(S(=O)(=O)N(C)C)c1. The van der Waals surface area contributed by atoms with Crippen LogP contribution in [0.1, 0.15) is 10.4 Å². The van der Waals surface area contributed by atoms with Gasteiger partial charge in [0, 0.05) is 33.3 Å². The highest BCUT2D eigenvalue weighted by Crippen LogP contribution is 2.24. The van der Waals surface area contributed by atoms with Gasteiger partial charge in [-0.1, -0.05) is 11.6 Å². The van der Waals surface area contributed by atoms with Crippen LogP contribution >= 0.6 is 11.6 Å². The Morgan fingerprint density at radius 1 is 1.40 bits per heavy atom. The van der Waals surface area contributed by atoms with E-state index in [-0.39, 0.29) is 21.4 Å². The fourth-order valence-electron chi connectivity index (χ4n) is 1.41. The molecule has 1 N–H and O–H groups in total. The van der Waals surface area contributed by atoms with E-state index >= 15 is 0 Å². The Balaban J connectivity index is 3.06. The molecule has 112 valence electrons. The molecule has 0 aliphatic rings. The van der Waals surface area contributed by atoms with Gasteiger partial charge in [-0.3, -0.25) is 4.79 Å². The molecule has 1 amide bonds. The van der Waals surface area contributed by atoms with Gasteiger partial charge >= 0.3 is 0 Å². The number of rotatable bonds is 6. The van der Waals surface area contributed by atoms with E-state index in [1.165, 1.54) is 39.4 Å². The smallest absolute Gasteiger partial charge is 0.251 e. The molecule has 0 bridgehead atoms. The number of hydrogen-bond donors (Lipinski definition) is 1. The molecule has 0 unspecified atom stereocenters. The maximum Gasteiger partial charge on any atom is 0.251 e. The summed E-state index contributed by atoms with van der Waals surface area (Å²) in [5, 5.41) is 2.69. The van der Waals surface area contributed by atoms with Gasteiger partial charge in [0.15, 0.2) is 0 Å². The van der Waals surface area contributed by atoms with Crippen LogP contribution in [0.3, 0.4) is 0 Å². The molecule has 1 rings (SSSR count). The van der Waals surface area contributed by atoms with E-state index in [0.29, 0.717) is 13.2 Å². The molecule has 0 saturated heterocycles. The van der Waals surface area contributed by atoms with Crippen LogP contribution in [0.5, 0.6) is 0 Å². The van der Waals surface area contributed by atoms with E-state index in [1.54, 1.807) is 0 Å². The number of nitrogens with zero attached hydrogens (tertiary/aromatic N) is 1. The zero-order valence-corrected chi connectivity index (χ0v) is 13.1.